The second-order valence-corrected chi connectivity index (χ2v) is 11.6. The van der Waals surface area contributed by atoms with Crippen LogP contribution < -0.4 is 0 Å². The summed E-state index contributed by atoms with van der Waals surface area (Å²) >= 11 is -0.840. The molecular formula is C28H38O3S. The van der Waals surface area contributed by atoms with Crippen molar-refractivity contribution in [3.8, 4) is 0 Å². The molecule has 0 spiro atoms. The molecule has 0 atom stereocenters. The third kappa shape index (κ3) is 8.22. The van der Waals surface area contributed by atoms with Gasteiger partial charge in [0.05, 0.1) is 0 Å². The van der Waals surface area contributed by atoms with Gasteiger partial charge in [-0.25, -0.2) is 0 Å². The second-order valence-electron chi connectivity index (χ2n) is 9.92. The van der Waals surface area contributed by atoms with Crippen molar-refractivity contribution < 1.29 is 14.1 Å². The molecule has 0 radical (unpaired) electrons. The van der Waals surface area contributed by atoms with Crippen LogP contribution in [0.1, 0.15) is 86.9 Å². The molecule has 4 heteroatoms. The fourth-order valence-electron chi connectivity index (χ4n) is 3.95. The van der Waals surface area contributed by atoms with Crippen molar-refractivity contribution in [3.63, 3.8) is 0 Å². The summed E-state index contributed by atoms with van der Waals surface area (Å²) in [5.74, 6) is 1.71. The van der Waals surface area contributed by atoms with Crippen LogP contribution in [0, 0.1) is 10.8 Å². The van der Waals surface area contributed by atoms with Crippen LogP contribution >= 0.6 is 0 Å². The summed E-state index contributed by atoms with van der Waals surface area (Å²) in [6.45, 7) is 7.99. The Balaban J connectivity index is 1.63. The van der Waals surface area contributed by atoms with Gasteiger partial charge in [-0.3, -0.25) is 9.59 Å². The fourth-order valence-corrected chi connectivity index (χ4v) is 5.21. The topological polar surface area (TPSA) is 57.2 Å². The maximum Gasteiger partial charge on any atom is 0.168 e. The fraction of sp³-hybridized carbons (Fsp3) is 0.500. The molecule has 0 saturated carbocycles. The lowest BCUT2D eigenvalue weighted by Crippen LogP contribution is -2.25. The molecule has 0 aliphatic carbocycles. The number of hydrogen-bond donors (Lipinski definition) is 0. The van der Waals surface area contributed by atoms with Crippen molar-refractivity contribution in [3.05, 3.63) is 71.8 Å². The minimum Gasteiger partial charge on any atom is -0.616 e. The minimum atomic E-state index is -0.840. The van der Waals surface area contributed by atoms with E-state index in [9.17, 15) is 14.1 Å². The van der Waals surface area contributed by atoms with E-state index in [-0.39, 0.29) is 11.6 Å². The minimum absolute atomic E-state index is 0.173. The van der Waals surface area contributed by atoms with Gasteiger partial charge in [0.15, 0.2) is 11.6 Å². The Morgan fingerprint density at radius 3 is 1.34 bits per heavy atom. The third-order valence-corrected chi connectivity index (χ3v) is 7.64. The van der Waals surface area contributed by atoms with E-state index < -0.39 is 22.0 Å². The van der Waals surface area contributed by atoms with Crippen LogP contribution in [0.2, 0.25) is 0 Å². The van der Waals surface area contributed by atoms with Gasteiger partial charge >= 0.3 is 0 Å². The molecule has 174 valence electrons. The molecule has 0 aromatic heterocycles. The summed E-state index contributed by atoms with van der Waals surface area (Å²) in [6, 6.07) is 18.9. The largest absolute Gasteiger partial charge is 0.616 e. The van der Waals surface area contributed by atoms with Gasteiger partial charge in [-0.15, -0.1) is 0 Å². The van der Waals surface area contributed by atoms with E-state index in [2.05, 4.69) is 0 Å². The Hall–Kier alpha value is -1.91. The first-order valence-corrected chi connectivity index (χ1v) is 13.2. The van der Waals surface area contributed by atoms with Crippen molar-refractivity contribution in [2.24, 2.45) is 10.8 Å². The summed E-state index contributed by atoms with van der Waals surface area (Å²) < 4.78 is 12.4. The van der Waals surface area contributed by atoms with Gasteiger partial charge in [0, 0.05) is 22.0 Å². The highest BCUT2D eigenvalue weighted by atomic mass is 32.2. The number of unbranched alkanes of at least 4 members (excludes halogenated alkanes) is 2. The quantitative estimate of drug-likeness (QED) is 0.177. The first kappa shape index (κ1) is 26.3. The molecule has 0 unspecified atom stereocenters. The molecule has 0 bridgehead atoms. The molecule has 3 nitrogen and oxygen atoms in total. The van der Waals surface area contributed by atoms with E-state index >= 15 is 0 Å². The summed E-state index contributed by atoms with van der Waals surface area (Å²) in [5, 5.41) is 0. The predicted molar refractivity (Wildman–Crippen MR) is 135 cm³/mol. The molecule has 32 heavy (non-hydrogen) atoms. The number of hydrogen-bond acceptors (Lipinski definition) is 3. The van der Waals surface area contributed by atoms with Crippen molar-refractivity contribution in [2.75, 3.05) is 11.5 Å². The normalized spacial score (nSPS) is 12.2. The molecule has 0 fully saturated rings. The van der Waals surface area contributed by atoms with Gasteiger partial charge in [0.25, 0.3) is 0 Å². The number of Topliss-reactive ketones (excluding diaryl/α,β-unsaturated/α-hetero) is 2. The van der Waals surface area contributed by atoms with E-state index in [1.165, 1.54) is 0 Å². The van der Waals surface area contributed by atoms with Crippen LogP contribution in [0.25, 0.3) is 0 Å². The highest BCUT2D eigenvalue weighted by Crippen LogP contribution is 2.29. The molecule has 2 aromatic rings. The molecule has 2 aromatic carbocycles. The van der Waals surface area contributed by atoms with Gasteiger partial charge < -0.3 is 4.55 Å². The summed E-state index contributed by atoms with van der Waals surface area (Å²) in [6.07, 6.45) is 5.14. The Morgan fingerprint density at radius 2 is 1.00 bits per heavy atom. The van der Waals surface area contributed by atoms with Gasteiger partial charge in [-0.05, 0) is 38.5 Å². The van der Waals surface area contributed by atoms with Crippen LogP contribution in [0.5, 0.6) is 0 Å². The zero-order valence-corrected chi connectivity index (χ0v) is 20.9. The van der Waals surface area contributed by atoms with Crippen molar-refractivity contribution in [1.29, 1.82) is 0 Å². The van der Waals surface area contributed by atoms with Gasteiger partial charge in [0.1, 0.15) is 11.5 Å². The Labute approximate surface area is 197 Å². The standard InChI is InChI=1S/C28H38O3S/c1-27(2,25(29)23-15-7-5-8-16-23)19-11-13-21-32(31)22-14-12-20-28(3,4)26(30)24-17-9-6-10-18-24/h5-10,15-18H,11-14,19-22H2,1-4H3. The highest BCUT2D eigenvalue weighted by Gasteiger charge is 2.29. The maximum atomic E-state index is 12.7. The van der Waals surface area contributed by atoms with E-state index in [1.54, 1.807) is 0 Å². The lowest BCUT2D eigenvalue weighted by Gasteiger charge is -2.23. The number of carbonyl (C=O) groups is 2. The van der Waals surface area contributed by atoms with Crippen LogP contribution in [0.15, 0.2) is 60.7 Å². The monoisotopic (exact) mass is 454 g/mol. The second kappa shape index (κ2) is 12.4. The zero-order valence-electron chi connectivity index (χ0n) is 20.1. The molecular weight excluding hydrogens is 416 g/mol. The summed E-state index contributed by atoms with van der Waals surface area (Å²) in [7, 11) is 0. The number of benzene rings is 2. The molecule has 0 saturated heterocycles. The van der Waals surface area contributed by atoms with Crippen molar-refractivity contribution in [2.45, 2.75) is 66.2 Å². The van der Waals surface area contributed by atoms with Gasteiger partial charge in [-0.2, -0.15) is 0 Å². The van der Waals surface area contributed by atoms with E-state index in [0.29, 0.717) is 11.5 Å². The lowest BCUT2D eigenvalue weighted by molar-refractivity contribution is 0.0818. The van der Waals surface area contributed by atoms with E-state index in [0.717, 1.165) is 49.7 Å². The number of carbonyl (C=O) groups excluding carboxylic acids is 2. The Kier molecular flexibility index (Phi) is 10.2. The van der Waals surface area contributed by atoms with Gasteiger partial charge in [-0.1, -0.05) is 99.5 Å². The Bertz CT molecular complexity index is 772. The molecule has 0 heterocycles. The molecule has 0 aliphatic rings. The first-order chi connectivity index (χ1) is 15.1. The number of rotatable bonds is 14. The predicted octanol–water partition coefficient (Wildman–Crippen LogP) is 6.89. The molecule has 0 aliphatic heterocycles. The SMILES string of the molecule is CC(C)(CCCC[S+]([O-])CCCCC(C)(C)C(=O)c1ccccc1)C(=O)c1ccccc1. The smallest absolute Gasteiger partial charge is 0.168 e. The summed E-state index contributed by atoms with van der Waals surface area (Å²) in [4.78, 5) is 25.4. The van der Waals surface area contributed by atoms with Crippen LogP contribution in [-0.2, 0) is 11.2 Å². The third-order valence-electron chi connectivity index (χ3n) is 6.15. The van der Waals surface area contributed by atoms with Crippen LogP contribution in [-0.4, -0.2) is 27.6 Å². The van der Waals surface area contributed by atoms with Crippen molar-refractivity contribution >= 4 is 22.7 Å². The van der Waals surface area contributed by atoms with Crippen LogP contribution in [0.4, 0.5) is 0 Å². The lowest BCUT2D eigenvalue weighted by atomic mass is 9.80. The summed E-state index contributed by atoms with van der Waals surface area (Å²) in [5.41, 5.74) is 0.712. The maximum absolute atomic E-state index is 12.7. The van der Waals surface area contributed by atoms with Gasteiger partial charge in [0.2, 0.25) is 0 Å². The number of ketones is 2. The highest BCUT2D eigenvalue weighted by molar-refractivity contribution is 7.91. The van der Waals surface area contributed by atoms with E-state index in [4.69, 9.17) is 0 Å². The first-order valence-electron chi connectivity index (χ1n) is 11.7. The molecule has 0 amide bonds. The van der Waals surface area contributed by atoms with Crippen molar-refractivity contribution in [1.82, 2.24) is 0 Å². The Morgan fingerprint density at radius 1 is 0.656 bits per heavy atom. The average molecular weight is 455 g/mol. The van der Waals surface area contributed by atoms with Crippen LogP contribution in [0.3, 0.4) is 0 Å². The zero-order chi connectivity index (χ0) is 23.6. The average Bonchev–Trinajstić information content (AvgIpc) is 2.79. The molecule has 0 N–H and O–H groups in total. The molecule has 2 rings (SSSR count). The van der Waals surface area contributed by atoms with E-state index in [1.807, 2.05) is 88.4 Å².